The molecule has 1 aliphatic rings. The van der Waals surface area contributed by atoms with Crippen molar-refractivity contribution in [2.45, 2.75) is 12.5 Å². The molecule has 0 aromatic heterocycles. The number of carbonyl (C=O) groups excluding carboxylic acids is 2. The molecule has 6 nitrogen and oxygen atoms in total. The molecule has 1 fully saturated rings. The molecule has 21 heavy (non-hydrogen) atoms. The number of benzene rings is 1. The normalized spacial score (nSPS) is 18.0. The first-order valence-electron chi connectivity index (χ1n) is 7.17. The zero-order valence-electron chi connectivity index (χ0n) is 11.9. The van der Waals surface area contributed by atoms with Crippen LogP contribution in [0.3, 0.4) is 0 Å². The van der Waals surface area contributed by atoms with Crippen molar-refractivity contribution in [1.82, 2.24) is 16.0 Å². The first-order chi connectivity index (χ1) is 10.3. The highest BCUT2D eigenvalue weighted by molar-refractivity contribution is 5.94. The van der Waals surface area contributed by atoms with E-state index in [9.17, 15) is 9.59 Å². The van der Waals surface area contributed by atoms with Crippen molar-refractivity contribution in [2.24, 2.45) is 0 Å². The van der Waals surface area contributed by atoms with Crippen molar-refractivity contribution in [1.29, 1.82) is 0 Å². The van der Waals surface area contributed by atoms with Crippen LogP contribution in [0.25, 0.3) is 0 Å². The van der Waals surface area contributed by atoms with E-state index in [1.54, 1.807) is 12.1 Å². The Morgan fingerprint density at radius 2 is 1.95 bits per heavy atom. The lowest BCUT2D eigenvalue weighted by molar-refractivity contribution is -0.122. The molecule has 1 unspecified atom stereocenters. The average molecular weight is 291 g/mol. The zero-order valence-corrected chi connectivity index (χ0v) is 11.9. The predicted octanol–water partition coefficient (Wildman–Crippen LogP) is -0.0889. The molecule has 3 N–H and O–H groups in total. The van der Waals surface area contributed by atoms with Gasteiger partial charge in [0.1, 0.15) is 0 Å². The number of carbonyl (C=O) groups is 2. The van der Waals surface area contributed by atoms with E-state index in [1.807, 2.05) is 18.2 Å². The van der Waals surface area contributed by atoms with Gasteiger partial charge in [-0.15, -0.1) is 0 Å². The molecule has 2 amide bonds. The Kier molecular flexibility index (Phi) is 6.18. The third kappa shape index (κ3) is 5.53. The van der Waals surface area contributed by atoms with Crippen molar-refractivity contribution < 1.29 is 14.3 Å². The molecule has 0 spiro atoms. The van der Waals surface area contributed by atoms with Gasteiger partial charge in [-0.2, -0.15) is 0 Å². The van der Waals surface area contributed by atoms with Crippen molar-refractivity contribution in [3.8, 4) is 0 Å². The molecule has 114 valence electrons. The van der Waals surface area contributed by atoms with Crippen LogP contribution in [0, 0.1) is 0 Å². The fourth-order valence-electron chi connectivity index (χ4n) is 2.12. The molecule has 1 saturated heterocycles. The third-order valence-corrected chi connectivity index (χ3v) is 3.20. The Morgan fingerprint density at radius 3 is 2.67 bits per heavy atom. The molecule has 1 atom stereocenters. The van der Waals surface area contributed by atoms with Gasteiger partial charge in [0.05, 0.1) is 13.2 Å². The second-order valence-electron chi connectivity index (χ2n) is 4.90. The second kappa shape index (κ2) is 8.39. The third-order valence-electron chi connectivity index (χ3n) is 3.20. The highest BCUT2D eigenvalue weighted by Gasteiger charge is 2.16. The molecule has 0 aliphatic carbocycles. The SMILES string of the molecule is O=C(CC1COCCN1)NCCNC(=O)c1ccccc1. The summed E-state index contributed by atoms with van der Waals surface area (Å²) in [4.78, 5) is 23.5. The number of hydrogen-bond donors (Lipinski definition) is 3. The Labute approximate surface area is 124 Å². The summed E-state index contributed by atoms with van der Waals surface area (Å²) < 4.78 is 5.29. The van der Waals surface area contributed by atoms with Gasteiger partial charge >= 0.3 is 0 Å². The van der Waals surface area contributed by atoms with Crippen molar-refractivity contribution in [3.05, 3.63) is 35.9 Å². The van der Waals surface area contributed by atoms with Crippen molar-refractivity contribution >= 4 is 11.8 Å². The number of ether oxygens (including phenoxy) is 1. The van der Waals surface area contributed by atoms with E-state index in [4.69, 9.17) is 4.74 Å². The maximum absolute atomic E-state index is 11.8. The fourth-order valence-corrected chi connectivity index (χ4v) is 2.12. The highest BCUT2D eigenvalue weighted by Crippen LogP contribution is 1.98. The van der Waals surface area contributed by atoms with E-state index in [1.165, 1.54) is 0 Å². The maximum Gasteiger partial charge on any atom is 0.251 e. The smallest absolute Gasteiger partial charge is 0.251 e. The zero-order chi connectivity index (χ0) is 14.9. The number of nitrogens with one attached hydrogen (secondary N) is 3. The van der Waals surface area contributed by atoms with Crippen LogP contribution in [-0.4, -0.2) is 50.7 Å². The topological polar surface area (TPSA) is 79.5 Å². The second-order valence-corrected chi connectivity index (χ2v) is 4.90. The highest BCUT2D eigenvalue weighted by atomic mass is 16.5. The fraction of sp³-hybridized carbons (Fsp3) is 0.467. The monoisotopic (exact) mass is 291 g/mol. The first-order valence-corrected chi connectivity index (χ1v) is 7.17. The van der Waals surface area contributed by atoms with Gasteiger partial charge in [0.2, 0.25) is 5.91 Å². The Morgan fingerprint density at radius 1 is 1.19 bits per heavy atom. The summed E-state index contributed by atoms with van der Waals surface area (Å²) in [5, 5.41) is 8.78. The van der Waals surface area contributed by atoms with Crippen molar-refractivity contribution in [2.75, 3.05) is 32.8 Å². The van der Waals surface area contributed by atoms with Gasteiger partial charge in [-0.3, -0.25) is 9.59 Å². The summed E-state index contributed by atoms with van der Waals surface area (Å²) in [5.74, 6) is -0.167. The Balaban J connectivity index is 1.58. The van der Waals surface area contributed by atoms with Gasteiger partial charge in [-0.05, 0) is 12.1 Å². The quantitative estimate of drug-likeness (QED) is 0.640. The van der Waals surface area contributed by atoms with Crippen LogP contribution in [0.15, 0.2) is 30.3 Å². The minimum atomic E-state index is -0.132. The van der Waals surface area contributed by atoms with Crippen LogP contribution in [0.1, 0.15) is 16.8 Å². The molecule has 1 aromatic rings. The molecule has 6 heteroatoms. The summed E-state index contributed by atoms with van der Waals surface area (Å²) in [5.41, 5.74) is 0.618. The lowest BCUT2D eigenvalue weighted by Crippen LogP contribution is -2.45. The number of hydrogen-bond acceptors (Lipinski definition) is 4. The van der Waals surface area contributed by atoms with Crippen LogP contribution in [0.5, 0.6) is 0 Å². The summed E-state index contributed by atoms with van der Waals surface area (Å²) in [7, 11) is 0. The Hall–Kier alpha value is -1.92. The molecule has 2 rings (SSSR count). The van der Waals surface area contributed by atoms with E-state index in [2.05, 4.69) is 16.0 Å². The van der Waals surface area contributed by atoms with Gasteiger partial charge in [0, 0.05) is 37.7 Å². The van der Waals surface area contributed by atoms with E-state index in [-0.39, 0.29) is 17.9 Å². The summed E-state index contributed by atoms with van der Waals surface area (Å²) >= 11 is 0. The molecule has 0 bridgehead atoms. The molecular formula is C15H21N3O3. The van der Waals surface area contributed by atoms with Gasteiger partial charge in [0.15, 0.2) is 0 Å². The van der Waals surface area contributed by atoms with Crippen molar-refractivity contribution in [3.63, 3.8) is 0 Å². The first kappa shape index (κ1) is 15.5. The summed E-state index contributed by atoms with van der Waals surface area (Å²) in [6.07, 6.45) is 0.395. The van der Waals surface area contributed by atoms with Gasteiger partial charge in [-0.1, -0.05) is 18.2 Å². The lowest BCUT2D eigenvalue weighted by Gasteiger charge is -2.23. The van der Waals surface area contributed by atoms with Crippen LogP contribution in [-0.2, 0) is 9.53 Å². The maximum atomic E-state index is 11.8. The molecule has 0 radical (unpaired) electrons. The minimum absolute atomic E-state index is 0.0352. The van der Waals surface area contributed by atoms with Crippen LogP contribution in [0.4, 0.5) is 0 Å². The van der Waals surface area contributed by atoms with E-state index >= 15 is 0 Å². The summed E-state index contributed by atoms with van der Waals surface area (Å²) in [6, 6.07) is 9.08. The van der Waals surface area contributed by atoms with Crippen LogP contribution in [0.2, 0.25) is 0 Å². The molecule has 1 aliphatic heterocycles. The number of morpholine rings is 1. The lowest BCUT2D eigenvalue weighted by atomic mass is 10.2. The molecule has 0 saturated carbocycles. The van der Waals surface area contributed by atoms with E-state index < -0.39 is 0 Å². The predicted molar refractivity (Wildman–Crippen MR) is 79.0 cm³/mol. The standard InChI is InChI=1S/C15H21N3O3/c19-14(10-13-11-21-9-8-16-13)17-6-7-18-15(20)12-4-2-1-3-5-12/h1-5,13,16H,6-11H2,(H,17,19)(H,18,20). The molecule has 1 heterocycles. The number of rotatable bonds is 6. The average Bonchev–Trinajstić information content (AvgIpc) is 2.53. The van der Waals surface area contributed by atoms with Gasteiger partial charge in [-0.25, -0.2) is 0 Å². The van der Waals surface area contributed by atoms with Gasteiger partial charge < -0.3 is 20.7 Å². The largest absolute Gasteiger partial charge is 0.378 e. The molecular weight excluding hydrogens is 270 g/mol. The van der Waals surface area contributed by atoms with E-state index in [0.29, 0.717) is 38.3 Å². The number of amides is 2. The summed E-state index contributed by atoms with van der Waals surface area (Å²) in [6.45, 7) is 2.88. The minimum Gasteiger partial charge on any atom is -0.378 e. The Bertz CT molecular complexity index is 458. The van der Waals surface area contributed by atoms with Crippen LogP contribution < -0.4 is 16.0 Å². The van der Waals surface area contributed by atoms with Gasteiger partial charge in [0.25, 0.3) is 5.91 Å². The molecule has 1 aromatic carbocycles. The van der Waals surface area contributed by atoms with Crippen LogP contribution >= 0.6 is 0 Å². The van der Waals surface area contributed by atoms with E-state index in [0.717, 1.165) is 6.54 Å².